The van der Waals surface area contributed by atoms with Crippen LogP contribution in [-0.4, -0.2) is 38.9 Å². The summed E-state index contributed by atoms with van der Waals surface area (Å²) in [7, 11) is 4.83. The summed E-state index contributed by atoms with van der Waals surface area (Å²) in [6, 6.07) is 5.83. The average molecular weight is 293 g/mol. The third kappa shape index (κ3) is 3.13. The molecule has 0 spiro atoms. The zero-order valence-electron chi connectivity index (χ0n) is 13.1. The molecule has 0 heterocycles. The molecule has 1 saturated carbocycles. The maximum atomic E-state index is 12.0. The van der Waals surface area contributed by atoms with Crippen LogP contribution in [0.4, 0.5) is 0 Å². The number of esters is 1. The van der Waals surface area contributed by atoms with Crippen molar-refractivity contribution in [3.8, 4) is 11.5 Å². The summed E-state index contributed by atoms with van der Waals surface area (Å²) >= 11 is 0. The highest BCUT2D eigenvalue weighted by Gasteiger charge is 2.46. The summed E-state index contributed by atoms with van der Waals surface area (Å²) in [4.78, 5) is 12.0. The minimum absolute atomic E-state index is 0.0341. The van der Waals surface area contributed by atoms with Crippen molar-refractivity contribution >= 4 is 5.97 Å². The molecule has 0 amide bonds. The Hall–Kier alpha value is -1.75. The van der Waals surface area contributed by atoms with Crippen molar-refractivity contribution in [3.63, 3.8) is 0 Å². The molecule has 1 aliphatic carbocycles. The van der Waals surface area contributed by atoms with Gasteiger partial charge < -0.3 is 19.5 Å². The molecule has 1 N–H and O–H groups in total. The summed E-state index contributed by atoms with van der Waals surface area (Å²) < 4.78 is 16.3. The Morgan fingerprint density at radius 2 is 2.10 bits per heavy atom. The number of hydrogen-bond donors (Lipinski definition) is 1. The molecule has 1 aromatic rings. The second kappa shape index (κ2) is 6.35. The predicted molar refractivity (Wildman–Crippen MR) is 79.8 cm³/mol. The fraction of sp³-hybridized carbons (Fsp3) is 0.562. The van der Waals surface area contributed by atoms with Gasteiger partial charge in [0, 0.05) is 6.42 Å². The van der Waals surface area contributed by atoms with Gasteiger partial charge in [-0.05, 0) is 44.5 Å². The number of carbonyl (C=O) groups excluding carboxylic acids is 1. The van der Waals surface area contributed by atoms with Gasteiger partial charge in [0.15, 0.2) is 11.5 Å². The minimum atomic E-state index is -0.642. The van der Waals surface area contributed by atoms with E-state index in [0.29, 0.717) is 18.6 Å². The van der Waals surface area contributed by atoms with Gasteiger partial charge in [-0.15, -0.1) is 0 Å². The summed E-state index contributed by atoms with van der Waals surface area (Å²) in [6.45, 7) is 2.01. The first-order chi connectivity index (χ1) is 10.0. The minimum Gasteiger partial charge on any atom is -0.493 e. The molecule has 5 nitrogen and oxygen atoms in total. The third-order valence-corrected chi connectivity index (χ3v) is 4.14. The number of nitrogens with one attached hydrogen (secondary N) is 1. The molecule has 0 bridgehead atoms. The molecular weight excluding hydrogens is 270 g/mol. The van der Waals surface area contributed by atoms with Gasteiger partial charge in [0.05, 0.1) is 14.2 Å². The Bertz CT molecular complexity index is 517. The molecule has 1 fully saturated rings. The number of benzene rings is 1. The molecule has 2 atom stereocenters. The van der Waals surface area contributed by atoms with Gasteiger partial charge >= 0.3 is 5.97 Å². The third-order valence-electron chi connectivity index (χ3n) is 4.14. The van der Waals surface area contributed by atoms with E-state index in [-0.39, 0.29) is 12.1 Å². The van der Waals surface area contributed by atoms with Crippen LogP contribution in [0, 0.1) is 6.92 Å². The topological polar surface area (TPSA) is 56.8 Å². The SMILES string of the molecule is CNC1(C(=O)OC)CCC(Oc2ccc(C)cc2OC)C1. The standard InChI is InChI=1S/C16H23NO4/c1-11-5-6-13(14(9-11)19-3)21-12-7-8-16(10-12,17-2)15(18)20-4/h5-6,9,12,17H,7-8,10H2,1-4H3. The second-order valence-corrected chi connectivity index (χ2v) is 5.46. The van der Waals surface area contributed by atoms with Crippen LogP contribution in [0.5, 0.6) is 11.5 Å². The molecule has 0 radical (unpaired) electrons. The van der Waals surface area contributed by atoms with Gasteiger partial charge in [-0.1, -0.05) is 6.07 Å². The van der Waals surface area contributed by atoms with E-state index in [1.165, 1.54) is 7.11 Å². The largest absolute Gasteiger partial charge is 0.493 e. The van der Waals surface area contributed by atoms with Crippen LogP contribution in [0.2, 0.25) is 0 Å². The number of carbonyl (C=O) groups is 1. The summed E-state index contributed by atoms with van der Waals surface area (Å²) in [5, 5.41) is 3.10. The molecule has 21 heavy (non-hydrogen) atoms. The predicted octanol–water partition coefficient (Wildman–Crippen LogP) is 2.07. The van der Waals surface area contributed by atoms with Gasteiger partial charge in [0.25, 0.3) is 0 Å². The van der Waals surface area contributed by atoms with Gasteiger partial charge in [0.1, 0.15) is 11.6 Å². The first kappa shape index (κ1) is 15.6. The number of methoxy groups -OCH3 is 2. The normalized spacial score (nSPS) is 24.7. The molecule has 116 valence electrons. The van der Waals surface area contributed by atoms with E-state index in [1.807, 2.05) is 25.1 Å². The van der Waals surface area contributed by atoms with Crippen molar-refractivity contribution in [3.05, 3.63) is 23.8 Å². The fourth-order valence-electron chi connectivity index (χ4n) is 2.86. The lowest BCUT2D eigenvalue weighted by molar-refractivity contribution is -0.148. The Morgan fingerprint density at radius 3 is 2.71 bits per heavy atom. The average Bonchev–Trinajstić information content (AvgIpc) is 2.92. The van der Waals surface area contributed by atoms with E-state index in [1.54, 1.807) is 14.2 Å². The maximum Gasteiger partial charge on any atom is 0.326 e. The molecular formula is C16H23NO4. The van der Waals surface area contributed by atoms with Gasteiger partial charge in [-0.2, -0.15) is 0 Å². The summed E-state index contributed by atoms with van der Waals surface area (Å²) in [6.07, 6.45) is 2.06. The zero-order valence-corrected chi connectivity index (χ0v) is 13.1. The Balaban J connectivity index is 2.11. The molecule has 2 unspecified atom stereocenters. The highest BCUT2D eigenvalue weighted by atomic mass is 16.5. The second-order valence-electron chi connectivity index (χ2n) is 5.46. The highest BCUT2D eigenvalue weighted by Crippen LogP contribution is 2.36. The zero-order chi connectivity index (χ0) is 15.5. The number of ether oxygens (including phenoxy) is 3. The lowest BCUT2D eigenvalue weighted by atomic mass is 9.98. The van der Waals surface area contributed by atoms with Gasteiger partial charge in [0.2, 0.25) is 0 Å². The maximum absolute atomic E-state index is 12.0. The number of aryl methyl sites for hydroxylation is 1. The van der Waals surface area contributed by atoms with Crippen LogP contribution >= 0.6 is 0 Å². The van der Waals surface area contributed by atoms with Crippen LogP contribution in [0.25, 0.3) is 0 Å². The Morgan fingerprint density at radius 1 is 1.33 bits per heavy atom. The summed E-state index contributed by atoms with van der Waals surface area (Å²) in [5.41, 5.74) is 0.474. The number of likely N-dealkylation sites (N-methyl/N-ethyl adjacent to an activating group) is 1. The molecule has 2 rings (SSSR count). The van der Waals surface area contributed by atoms with Crippen molar-refractivity contribution in [1.29, 1.82) is 0 Å². The first-order valence-corrected chi connectivity index (χ1v) is 7.13. The van der Waals surface area contributed by atoms with E-state index in [2.05, 4.69) is 5.32 Å². The van der Waals surface area contributed by atoms with Crippen molar-refractivity contribution in [1.82, 2.24) is 5.32 Å². The van der Waals surface area contributed by atoms with Crippen LogP contribution in [0.3, 0.4) is 0 Å². The van der Waals surface area contributed by atoms with Crippen molar-refractivity contribution < 1.29 is 19.0 Å². The number of hydrogen-bond acceptors (Lipinski definition) is 5. The molecule has 0 saturated heterocycles. The van der Waals surface area contributed by atoms with E-state index >= 15 is 0 Å². The highest BCUT2D eigenvalue weighted by molar-refractivity contribution is 5.81. The van der Waals surface area contributed by atoms with Crippen LogP contribution in [0.1, 0.15) is 24.8 Å². The van der Waals surface area contributed by atoms with E-state index in [4.69, 9.17) is 14.2 Å². The molecule has 0 aliphatic heterocycles. The van der Waals surface area contributed by atoms with Crippen molar-refractivity contribution in [2.24, 2.45) is 0 Å². The van der Waals surface area contributed by atoms with Crippen molar-refractivity contribution in [2.75, 3.05) is 21.3 Å². The smallest absolute Gasteiger partial charge is 0.326 e. The van der Waals surface area contributed by atoms with E-state index in [9.17, 15) is 4.79 Å². The molecule has 0 aromatic heterocycles. The molecule has 1 aromatic carbocycles. The Kier molecular flexibility index (Phi) is 4.73. The van der Waals surface area contributed by atoms with Crippen LogP contribution < -0.4 is 14.8 Å². The van der Waals surface area contributed by atoms with Gasteiger partial charge in [-0.3, -0.25) is 4.79 Å². The molecule has 5 heteroatoms. The molecule has 1 aliphatic rings. The first-order valence-electron chi connectivity index (χ1n) is 7.13. The van der Waals surface area contributed by atoms with E-state index < -0.39 is 5.54 Å². The monoisotopic (exact) mass is 293 g/mol. The van der Waals surface area contributed by atoms with E-state index in [0.717, 1.165) is 17.7 Å². The summed E-state index contributed by atoms with van der Waals surface area (Å²) in [5.74, 6) is 1.20. The number of rotatable bonds is 5. The quantitative estimate of drug-likeness (QED) is 0.842. The Labute approximate surface area is 125 Å². The fourth-order valence-corrected chi connectivity index (χ4v) is 2.86. The lowest BCUT2D eigenvalue weighted by Crippen LogP contribution is -2.49. The van der Waals surface area contributed by atoms with Gasteiger partial charge in [-0.25, -0.2) is 0 Å². The lowest BCUT2D eigenvalue weighted by Gasteiger charge is -2.25. The van der Waals surface area contributed by atoms with Crippen LogP contribution in [-0.2, 0) is 9.53 Å². The van der Waals surface area contributed by atoms with Crippen LogP contribution in [0.15, 0.2) is 18.2 Å². The van der Waals surface area contributed by atoms with Crippen molar-refractivity contribution in [2.45, 2.75) is 37.8 Å².